The third-order valence-electron chi connectivity index (χ3n) is 3.36. The van der Waals surface area contributed by atoms with Crippen LogP contribution in [0, 0.1) is 5.82 Å². The van der Waals surface area contributed by atoms with Gasteiger partial charge in [0.25, 0.3) is 0 Å². The van der Waals surface area contributed by atoms with E-state index in [2.05, 4.69) is 13.8 Å². The van der Waals surface area contributed by atoms with Crippen molar-refractivity contribution >= 4 is 35.2 Å². The molecule has 2 rings (SSSR count). The molecule has 6 nitrogen and oxygen atoms in total. The molecule has 26 heavy (non-hydrogen) atoms. The number of ether oxygens (including phenoxy) is 1. The largest absolute Gasteiger partial charge is 0.496 e. The zero-order chi connectivity index (χ0) is 19.5. The number of nitrogens with zero attached hydrogens (tertiary/aromatic N) is 1. The highest BCUT2D eigenvalue weighted by Gasteiger charge is 2.18. The average molecular weight is 380 g/mol. The van der Waals surface area contributed by atoms with Crippen LogP contribution >= 0.6 is 11.3 Å². The maximum atomic E-state index is 13.7. The summed E-state index contributed by atoms with van der Waals surface area (Å²) in [6, 6.07) is 5.39. The summed E-state index contributed by atoms with van der Waals surface area (Å²) >= 11 is 1.54. The van der Waals surface area contributed by atoms with Crippen molar-refractivity contribution in [2.45, 2.75) is 26.7 Å². The Bertz CT molecular complexity index is 718. The van der Waals surface area contributed by atoms with Crippen LogP contribution in [-0.4, -0.2) is 13.1 Å². The quantitative estimate of drug-likeness (QED) is 0.413. The van der Waals surface area contributed by atoms with E-state index in [1.54, 1.807) is 6.08 Å². The molecular formula is C18H25FN4O2S. The molecule has 0 unspecified atom stereocenters. The molecule has 5 N–H and O–H groups in total. The molecule has 2 aromatic rings. The van der Waals surface area contributed by atoms with E-state index in [4.69, 9.17) is 16.4 Å². The van der Waals surface area contributed by atoms with Crippen LogP contribution < -0.4 is 26.9 Å². The smallest absolute Gasteiger partial charge is 0.350 e. The molecule has 2 amide bonds. The van der Waals surface area contributed by atoms with Crippen LogP contribution in [0.4, 0.5) is 14.9 Å². The summed E-state index contributed by atoms with van der Waals surface area (Å²) in [5.74, 6) is 10.4. The number of benzene rings is 1. The molecule has 0 bridgehead atoms. The van der Waals surface area contributed by atoms with Gasteiger partial charge in [-0.2, -0.15) is 0 Å². The van der Waals surface area contributed by atoms with Gasteiger partial charge >= 0.3 is 6.03 Å². The monoisotopic (exact) mass is 380 g/mol. The minimum Gasteiger partial charge on any atom is -0.496 e. The average Bonchev–Trinajstić information content (AvgIpc) is 3.18. The number of methoxy groups -OCH3 is 1. The highest BCUT2D eigenvalue weighted by Crippen LogP contribution is 2.32. The Hall–Kier alpha value is -2.42. The zero-order valence-corrected chi connectivity index (χ0v) is 16.0. The summed E-state index contributed by atoms with van der Waals surface area (Å²) in [4.78, 5) is 12.6. The molecule has 142 valence electrons. The van der Waals surface area contributed by atoms with Crippen LogP contribution in [0.5, 0.6) is 5.75 Å². The number of hydrogen-bond acceptors (Lipinski definition) is 5. The van der Waals surface area contributed by atoms with E-state index >= 15 is 0 Å². The first-order valence-corrected chi connectivity index (χ1v) is 9.00. The number of hydrazine groups is 2. The zero-order valence-electron chi connectivity index (χ0n) is 15.2. The number of carbonyl (C=O) groups excluding carboxylic acids is 1. The molecule has 0 saturated heterocycles. The summed E-state index contributed by atoms with van der Waals surface area (Å²) in [6.07, 6.45) is 6.15. The maximum absolute atomic E-state index is 13.7. The van der Waals surface area contributed by atoms with Crippen LogP contribution in [-0.2, 0) is 0 Å². The Labute approximate surface area is 157 Å². The minimum absolute atomic E-state index is 0.132. The number of carbonyl (C=O) groups is 1. The number of halogens is 1. The number of rotatable bonds is 5. The van der Waals surface area contributed by atoms with Gasteiger partial charge in [-0.05, 0) is 23.6 Å². The molecule has 0 fully saturated rings. The van der Waals surface area contributed by atoms with E-state index in [-0.39, 0.29) is 11.4 Å². The SMILES string of the molecule is CCCC.COc1cc(F)cc(N(N)C(=O)NN)c1/C=C/c1cccs1. The van der Waals surface area contributed by atoms with Gasteiger partial charge in [0.15, 0.2) is 0 Å². The molecule has 0 radical (unpaired) electrons. The molecule has 0 saturated carbocycles. The standard InChI is InChI=1S/C14H15FN4O2S.C4H10/c1-21-13-8-9(15)7-12(19(17)14(20)18-16)11(13)5-4-10-3-2-6-22-10;1-3-4-2/h2-8H,16-17H2,1H3,(H,18,20);3-4H2,1-2H3/b5-4+;. The van der Waals surface area contributed by atoms with Gasteiger partial charge in [0.1, 0.15) is 11.6 Å². The van der Waals surface area contributed by atoms with Crippen LogP contribution in [0.25, 0.3) is 12.2 Å². The Morgan fingerprint density at radius 2 is 2.04 bits per heavy atom. The second kappa shape index (κ2) is 11.2. The number of thiophene rings is 1. The van der Waals surface area contributed by atoms with Gasteiger partial charge in [-0.3, -0.25) is 5.43 Å². The maximum Gasteiger partial charge on any atom is 0.350 e. The van der Waals surface area contributed by atoms with Crippen LogP contribution in [0.1, 0.15) is 37.1 Å². The number of anilines is 1. The fourth-order valence-electron chi connectivity index (χ4n) is 1.85. The predicted octanol–water partition coefficient (Wildman–Crippen LogP) is 4.14. The number of nitrogens with one attached hydrogen (secondary N) is 1. The van der Waals surface area contributed by atoms with E-state index in [9.17, 15) is 9.18 Å². The fraction of sp³-hybridized carbons (Fsp3) is 0.278. The Morgan fingerprint density at radius 1 is 1.35 bits per heavy atom. The summed E-state index contributed by atoms with van der Waals surface area (Å²) in [6.45, 7) is 4.36. The molecule has 0 aliphatic heterocycles. The highest BCUT2D eigenvalue weighted by molar-refractivity contribution is 7.10. The van der Waals surface area contributed by atoms with Crippen molar-refractivity contribution < 1.29 is 13.9 Å². The van der Waals surface area contributed by atoms with Crippen LogP contribution in [0.2, 0.25) is 0 Å². The molecule has 0 spiro atoms. The summed E-state index contributed by atoms with van der Waals surface area (Å²) < 4.78 is 18.9. The van der Waals surface area contributed by atoms with Gasteiger partial charge in [-0.25, -0.2) is 25.9 Å². The Kier molecular flexibility index (Phi) is 9.35. The van der Waals surface area contributed by atoms with Crippen molar-refractivity contribution in [1.82, 2.24) is 5.43 Å². The first-order chi connectivity index (χ1) is 12.5. The van der Waals surface area contributed by atoms with E-state index in [1.807, 2.05) is 29.0 Å². The van der Waals surface area contributed by atoms with Gasteiger partial charge in [0.2, 0.25) is 0 Å². The minimum atomic E-state index is -0.779. The summed E-state index contributed by atoms with van der Waals surface area (Å²) in [7, 11) is 1.41. The van der Waals surface area contributed by atoms with Gasteiger partial charge in [0, 0.05) is 22.6 Å². The van der Waals surface area contributed by atoms with Crippen molar-refractivity contribution in [2.24, 2.45) is 11.7 Å². The first kappa shape index (κ1) is 21.6. The van der Waals surface area contributed by atoms with Gasteiger partial charge < -0.3 is 4.74 Å². The molecule has 1 heterocycles. The first-order valence-electron chi connectivity index (χ1n) is 8.12. The lowest BCUT2D eigenvalue weighted by molar-refractivity contribution is 0.246. The van der Waals surface area contributed by atoms with Crippen molar-refractivity contribution in [3.63, 3.8) is 0 Å². The molecular weight excluding hydrogens is 355 g/mol. The fourth-order valence-corrected chi connectivity index (χ4v) is 2.46. The second-order valence-electron chi connectivity index (χ2n) is 5.21. The van der Waals surface area contributed by atoms with Gasteiger partial charge in [-0.1, -0.05) is 32.8 Å². The van der Waals surface area contributed by atoms with Crippen LogP contribution in [0.3, 0.4) is 0 Å². The Balaban J connectivity index is 0.000000765. The number of urea groups is 1. The molecule has 8 heteroatoms. The number of amides is 2. The molecule has 0 atom stereocenters. The van der Waals surface area contributed by atoms with Crippen molar-refractivity contribution in [3.05, 3.63) is 45.9 Å². The lowest BCUT2D eigenvalue weighted by atomic mass is 10.1. The van der Waals surface area contributed by atoms with Gasteiger partial charge in [-0.15, -0.1) is 11.3 Å². The number of nitrogens with two attached hydrogens (primary N) is 2. The van der Waals surface area contributed by atoms with Gasteiger partial charge in [0.05, 0.1) is 12.8 Å². The molecule has 0 aliphatic carbocycles. The van der Waals surface area contributed by atoms with E-state index < -0.39 is 11.8 Å². The van der Waals surface area contributed by atoms with Crippen molar-refractivity contribution in [1.29, 1.82) is 0 Å². The van der Waals surface area contributed by atoms with E-state index in [1.165, 1.54) is 37.4 Å². The highest BCUT2D eigenvalue weighted by atomic mass is 32.1. The van der Waals surface area contributed by atoms with Crippen molar-refractivity contribution in [2.75, 3.05) is 12.1 Å². The lowest BCUT2D eigenvalue weighted by Crippen LogP contribution is -2.48. The topological polar surface area (TPSA) is 93.6 Å². The van der Waals surface area contributed by atoms with Crippen LogP contribution in [0.15, 0.2) is 29.6 Å². The lowest BCUT2D eigenvalue weighted by Gasteiger charge is -2.20. The summed E-state index contributed by atoms with van der Waals surface area (Å²) in [5, 5.41) is 2.65. The number of hydrogen-bond donors (Lipinski definition) is 3. The van der Waals surface area contributed by atoms with E-state index in [0.717, 1.165) is 16.0 Å². The molecule has 0 aliphatic rings. The Morgan fingerprint density at radius 3 is 2.54 bits per heavy atom. The third kappa shape index (κ3) is 6.14. The molecule has 1 aromatic carbocycles. The second-order valence-corrected chi connectivity index (χ2v) is 6.19. The van der Waals surface area contributed by atoms with E-state index in [0.29, 0.717) is 5.56 Å². The van der Waals surface area contributed by atoms with Crippen molar-refractivity contribution in [3.8, 4) is 5.75 Å². The third-order valence-corrected chi connectivity index (χ3v) is 4.20. The predicted molar refractivity (Wildman–Crippen MR) is 106 cm³/mol. The summed E-state index contributed by atoms with van der Waals surface area (Å²) in [5.41, 5.74) is 2.49. The molecule has 1 aromatic heterocycles. The normalized spacial score (nSPS) is 10.2. The number of unbranched alkanes of at least 4 members (excludes halogenated alkanes) is 1.